The van der Waals surface area contributed by atoms with Crippen molar-refractivity contribution in [2.75, 3.05) is 19.6 Å². The van der Waals surface area contributed by atoms with E-state index in [1.165, 1.54) is 147 Å². The van der Waals surface area contributed by atoms with Gasteiger partial charge in [-0.1, -0.05) is 106 Å². The number of hydrogen-bond acceptors (Lipinski definition) is 8. The van der Waals surface area contributed by atoms with Gasteiger partial charge in [-0.25, -0.2) is 4.79 Å². The summed E-state index contributed by atoms with van der Waals surface area (Å²) in [4.78, 5) is 39.3. The van der Waals surface area contributed by atoms with E-state index in [1.807, 2.05) is 0 Å². The van der Waals surface area contributed by atoms with Gasteiger partial charge < -0.3 is 25.2 Å². The summed E-state index contributed by atoms with van der Waals surface area (Å²) >= 11 is 0. The lowest BCUT2D eigenvalue weighted by Crippen LogP contribution is -2.78. The van der Waals surface area contributed by atoms with Gasteiger partial charge in [0.15, 0.2) is 11.4 Å². The van der Waals surface area contributed by atoms with Crippen LogP contribution in [-0.4, -0.2) is 64.6 Å². The van der Waals surface area contributed by atoms with Crippen LogP contribution in [0.3, 0.4) is 0 Å². The van der Waals surface area contributed by atoms with E-state index >= 15 is 9.59 Å². The van der Waals surface area contributed by atoms with Crippen molar-refractivity contribution in [3.05, 3.63) is 80.5 Å². The molecule has 8 heteroatoms. The number of carbonyl (C=O) groups excluding carboxylic acids is 2. The molecule has 18 atom stereocenters. The number of nitrogens with zero attached hydrogens (tertiary/aromatic N) is 2. The summed E-state index contributed by atoms with van der Waals surface area (Å²) in [6, 6.07) is 5.54. The fourth-order valence-corrected chi connectivity index (χ4v) is 27.9. The molecule has 6 aliphatic heterocycles. The molecule has 18 rings (SSSR count). The Labute approximate surface area is 482 Å². The monoisotopic (exact) mass is 1090 g/mol. The molecule has 0 aromatic heterocycles. The summed E-state index contributed by atoms with van der Waals surface area (Å²) in [6.07, 6.45) is 40.6. The Hall–Kier alpha value is -3.80. The zero-order valence-electron chi connectivity index (χ0n) is 48.9. The number of aliphatic hydroxyl groups excluding tert-OH is 1. The Bertz CT molecular complexity index is 3170. The molecule has 17 aliphatic rings. The number of nitrogens with two attached hydrogens (primary N) is 1. The van der Waals surface area contributed by atoms with Crippen molar-refractivity contribution < 1.29 is 24.2 Å². The number of allylic oxidation sites excluding steroid dienone is 4. The van der Waals surface area contributed by atoms with Crippen molar-refractivity contribution in [1.82, 2.24) is 9.80 Å². The SMILES string of the molecule is C[C@@H]1CC2=C3[C@H]4C5=C6[C@@H](/C=C\[C@@H](C7CCCCC7)C[C@H]7[C@]68C(=O)O/C6=C(/O)[C@H]9[C@H]([C@H]%10CC%11(CCCC%11)[C@]%11(CCCC%11%12CCCC%12)C%10)N%10C[C@@H]%11C[C@@H](CN3[C@@H]%11CC2)[C@@H]%10C[C@H]9C#CCc2ccc(CCCN)c3c2[C@]7(OC3=O)[C@]68CC5)C[C@@H]41. The van der Waals surface area contributed by atoms with Crippen LogP contribution in [0.2, 0.25) is 0 Å². The first kappa shape index (κ1) is 49.5. The average molecular weight is 1090 g/mol. The Kier molecular flexibility index (Phi) is 10.3. The van der Waals surface area contributed by atoms with Crippen LogP contribution in [0.15, 0.2) is 58.2 Å². The van der Waals surface area contributed by atoms with Crippen LogP contribution >= 0.6 is 0 Å². The van der Waals surface area contributed by atoms with Gasteiger partial charge in [0.05, 0.1) is 11.0 Å². The van der Waals surface area contributed by atoms with Gasteiger partial charge in [-0.2, -0.15) is 0 Å². The highest BCUT2D eigenvalue weighted by Crippen LogP contribution is 2.89. The first-order valence-corrected chi connectivity index (χ1v) is 34.5. The zero-order valence-corrected chi connectivity index (χ0v) is 48.9. The first-order chi connectivity index (χ1) is 39.6. The molecule has 11 aliphatic carbocycles. The number of hydrogen-bond donors (Lipinski definition) is 2. The summed E-state index contributed by atoms with van der Waals surface area (Å²) in [6.45, 7) is 5.38. The summed E-state index contributed by atoms with van der Waals surface area (Å²) < 4.78 is 15.4. The van der Waals surface area contributed by atoms with E-state index in [4.69, 9.17) is 15.2 Å². The smallest absolute Gasteiger partial charge is 0.339 e. The highest BCUT2D eigenvalue weighted by atomic mass is 16.6. The topological polar surface area (TPSA) is 105 Å². The van der Waals surface area contributed by atoms with E-state index in [1.54, 1.807) is 16.8 Å². The van der Waals surface area contributed by atoms with Crippen LogP contribution in [0, 0.1) is 110 Å². The Morgan fingerprint density at radius 2 is 1.62 bits per heavy atom. The highest BCUT2D eigenvalue weighted by molar-refractivity contribution is 6.01. The molecule has 2 bridgehead atoms. The number of aliphatic hydroxyl groups is 1. The maximum absolute atomic E-state index is 17.2. The fourth-order valence-electron chi connectivity index (χ4n) is 27.9. The number of aryl methyl sites for hydroxylation is 1. The van der Waals surface area contributed by atoms with E-state index in [0.29, 0.717) is 107 Å². The number of piperidine rings is 3. The number of rotatable bonds is 5. The Balaban J connectivity index is 0.918. The van der Waals surface area contributed by atoms with Crippen LogP contribution in [0.25, 0.3) is 0 Å². The van der Waals surface area contributed by atoms with E-state index in [0.717, 1.165) is 61.9 Å². The van der Waals surface area contributed by atoms with E-state index in [9.17, 15) is 5.11 Å². The average Bonchev–Trinajstić information content (AvgIpc) is 1.63. The molecule has 3 N–H and O–H groups in total. The number of fused-ring (bicyclic) bond motifs is 13. The minimum atomic E-state index is -1.20. The maximum Gasteiger partial charge on any atom is 0.339 e. The molecule has 1 aromatic rings. The molecule has 81 heavy (non-hydrogen) atoms. The zero-order chi connectivity index (χ0) is 53.7. The van der Waals surface area contributed by atoms with Gasteiger partial charge in [-0.15, -0.1) is 0 Å². The van der Waals surface area contributed by atoms with Crippen LogP contribution < -0.4 is 5.73 Å². The van der Waals surface area contributed by atoms with Gasteiger partial charge >= 0.3 is 11.9 Å². The van der Waals surface area contributed by atoms with Crippen molar-refractivity contribution in [2.24, 2.45) is 104 Å². The van der Waals surface area contributed by atoms with Crippen molar-refractivity contribution in [1.29, 1.82) is 0 Å². The van der Waals surface area contributed by atoms with Gasteiger partial charge in [-0.3, -0.25) is 9.69 Å². The first-order valence-electron chi connectivity index (χ1n) is 34.5. The molecule has 428 valence electrons. The predicted molar refractivity (Wildman–Crippen MR) is 310 cm³/mol. The van der Waals surface area contributed by atoms with Crippen LogP contribution in [-0.2, 0) is 32.7 Å². The molecular formula is C73H91N3O5. The normalized spacial score (nSPS) is 48.7. The molecule has 8 nitrogen and oxygen atoms in total. The lowest BCUT2D eigenvalue weighted by Gasteiger charge is -2.73. The predicted octanol–water partition coefficient (Wildman–Crippen LogP) is 13.7. The molecule has 0 amide bonds. The number of benzene rings is 1. The van der Waals surface area contributed by atoms with Gasteiger partial charge in [0.25, 0.3) is 0 Å². The van der Waals surface area contributed by atoms with Crippen LogP contribution in [0.4, 0.5) is 0 Å². The number of esters is 2. The second kappa shape index (κ2) is 16.8. The molecule has 0 unspecified atom stereocenters. The summed E-state index contributed by atoms with van der Waals surface area (Å²) in [5.74, 6) is 11.7. The third-order valence-corrected chi connectivity index (χ3v) is 30.0. The van der Waals surface area contributed by atoms with Gasteiger partial charge in [0.1, 0.15) is 11.2 Å². The second-order valence-electron chi connectivity index (χ2n) is 32.0. The summed E-state index contributed by atoms with van der Waals surface area (Å²) in [5.41, 5.74) is 14.3. The van der Waals surface area contributed by atoms with E-state index in [-0.39, 0.29) is 53.5 Å². The Morgan fingerprint density at radius 3 is 2.46 bits per heavy atom. The third kappa shape index (κ3) is 5.66. The molecule has 4 saturated heterocycles. The largest absolute Gasteiger partial charge is 0.508 e. The lowest BCUT2D eigenvalue weighted by atomic mass is 9.27. The number of carbonyl (C=O) groups is 2. The molecule has 6 saturated carbocycles. The van der Waals surface area contributed by atoms with Gasteiger partial charge in [0.2, 0.25) is 0 Å². The minimum Gasteiger partial charge on any atom is -0.508 e. The Morgan fingerprint density at radius 1 is 0.802 bits per heavy atom. The van der Waals surface area contributed by atoms with Crippen molar-refractivity contribution in [2.45, 2.75) is 223 Å². The molecule has 6 heterocycles. The molecular weight excluding hydrogens is 999 g/mol. The van der Waals surface area contributed by atoms with Crippen LogP contribution in [0.5, 0.6) is 0 Å². The van der Waals surface area contributed by atoms with Gasteiger partial charge in [0, 0.05) is 72.6 Å². The van der Waals surface area contributed by atoms with E-state index in [2.05, 4.69) is 52.8 Å². The third-order valence-electron chi connectivity index (χ3n) is 30.0. The molecule has 0 radical (unpaired) electrons. The number of ether oxygens (including phenoxy) is 2. The van der Waals surface area contributed by atoms with Crippen molar-refractivity contribution >= 4 is 11.9 Å². The minimum absolute atomic E-state index is 0.0859. The second-order valence-corrected chi connectivity index (χ2v) is 32.0. The van der Waals surface area contributed by atoms with E-state index < -0.39 is 16.4 Å². The quantitative estimate of drug-likeness (QED) is 0.171. The van der Waals surface area contributed by atoms with Crippen molar-refractivity contribution in [3.63, 3.8) is 0 Å². The molecule has 6 spiro atoms. The van der Waals surface area contributed by atoms with Crippen molar-refractivity contribution in [3.8, 4) is 11.8 Å². The summed E-state index contributed by atoms with van der Waals surface area (Å²) in [7, 11) is 0. The molecule has 10 fully saturated rings. The maximum atomic E-state index is 17.2. The summed E-state index contributed by atoms with van der Waals surface area (Å²) in [5, 5.41) is 14.9. The highest BCUT2D eigenvalue weighted by Gasteiger charge is 2.94. The lowest BCUT2D eigenvalue weighted by molar-refractivity contribution is -0.283. The molecule has 1 aromatic carbocycles. The standard InChI is InChI=1S/C73H91N3O5/c1-41-32-48-21-22-54-49-33-50-40-75(54)62(48)59-52-23-30-71-65-64(77)58-46(35-55(50)76(39-49)63(58)51-37-69(26-7-8-27-69)70(38-51)29-11-28-68(70)24-5-6-25-68)15-9-14-44-18-17-43(16-10-31-74)57-61(44)73(71,81-66(57)78)56-36-45(42-12-3-2-4-13-42)19-20-47(34-53(41)59)60(52)72(56,71)67(79)80-65/h17-20,41-42,45-47,49-51,53-56,58-59,63,77H,2-8,10-14,16,21-40,74H2,1H3/b20-19-,65-64+/t41-,45-,46-,47+,49+,50+,51+,53-,54-,55+,56+,58-,59+,63+,70-,71-,72-,73+/m1/s1. The fraction of sp³-hybridized carbons (Fsp3) is 0.753. The van der Waals surface area contributed by atoms with Crippen LogP contribution in [0.1, 0.15) is 214 Å². The van der Waals surface area contributed by atoms with Gasteiger partial charge in [-0.05, 0) is 222 Å².